The first-order valence-electron chi connectivity index (χ1n) is 5.64. The number of rotatable bonds is 7. The number of Topliss-reactive ketones (excluding diaryl/α,β-unsaturated/α-hetero) is 1. The molecule has 0 rings (SSSR count). The average Bonchev–Trinajstić information content (AvgIpc) is 2.34. The molecule has 1 amide bonds. The maximum Gasteiger partial charge on any atom is 0.330 e. The Balaban J connectivity index is 4.43. The van der Waals surface area contributed by atoms with E-state index in [0.717, 1.165) is 6.42 Å². The Morgan fingerprint density at radius 3 is 2.41 bits per heavy atom. The molecule has 5 nitrogen and oxygen atoms in total. The molecule has 0 saturated heterocycles. The van der Waals surface area contributed by atoms with E-state index >= 15 is 0 Å². The zero-order valence-corrected chi connectivity index (χ0v) is 10.5. The molecule has 0 aliphatic carbocycles. The van der Waals surface area contributed by atoms with Crippen LogP contribution in [0.4, 0.5) is 0 Å². The standard InChI is InChI=1S/C12H19NO4/c1-4-6-9(7-8-11(15)17-3)13-12(16)10(14)5-2/h7-9H,4-6H2,1-3H3,(H,13,16)/t9-/m1/s1. The summed E-state index contributed by atoms with van der Waals surface area (Å²) in [6, 6.07) is -0.318. The third kappa shape index (κ3) is 6.50. The fourth-order valence-electron chi connectivity index (χ4n) is 1.20. The monoisotopic (exact) mass is 241 g/mol. The number of ketones is 1. The van der Waals surface area contributed by atoms with E-state index in [2.05, 4.69) is 10.1 Å². The van der Waals surface area contributed by atoms with E-state index in [0.29, 0.717) is 6.42 Å². The zero-order chi connectivity index (χ0) is 13.3. The van der Waals surface area contributed by atoms with Crippen LogP contribution in [0.3, 0.4) is 0 Å². The number of amides is 1. The summed E-state index contributed by atoms with van der Waals surface area (Å²) in [5.41, 5.74) is 0. The van der Waals surface area contributed by atoms with Crippen molar-refractivity contribution in [3.05, 3.63) is 12.2 Å². The van der Waals surface area contributed by atoms with E-state index in [9.17, 15) is 14.4 Å². The summed E-state index contributed by atoms with van der Waals surface area (Å²) < 4.78 is 4.45. The third-order valence-corrected chi connectivity index (χ3v) is 2.16. The molecule has 0 saturated carbocycles. The number of hydrogen-bond acceptors (Lipinski definition) is 4. The molecule has 0 fully saturated rings. The van der Waals surface area contributed by atoms with Gasteiger partial charge in [0, 0.05) is 18.5 Å². The maximum absolute atomic E-state index is 11.4. The fourth-order valence-corrected chi connectivity index (χ4v) is 1.20. The van der Waals surface area contributed by atoms with Crippen molar-refractivity contribution < 1.29 is 19.1 Å². The van der Waals surface area contributed by atoms with Gasteiger partial charge in [-0.05, 0) is 6.42 Å². The predicted octanol–water partition coefficient (Wildman–Crippen LogP) is 0.980. The van der Waals surface area contributed by atoms with E-state index in [1.807, 2.05) is 6.92 Å². The van der Waals surface area contributed by atoms with Crippen molar-refractivity contribution in [2.45, 2.75) is 39.2 Å². The van der Waals surface area contributed by atoms with Crippen molar-refractivity contribution in [2.75, 3.05) is 7.11 Å². The van der Waals surface area contributed by atoms with Crippen molar-refractivity contribution in [1.82, 2.24) is 5.32 Å². The number of methoxy groups -OCH3 is 1. The summed E-state index contributed by atoms with van der Waals surface area (Å²) in [5.74, 6) is -1.56. The zero-order valence-electron chi connectivity index (χ0n) is 10.5. The van der Waals surface area contributed by atoms with Gasteiger partial charge in [0.1, 0.15) is 0 Å². The molecular weight excluding hydrogens is 222 g/mol. The predicted molar refractivity (Wildman–Crippen MR) is 63.3 cm³/mol. The highest BCUT2D eigenvalue weighted by Gasteiger charge is 2.14. The van der Waals surface area contributed by atoms with Crippen LogP contribution in [0.15, 0.2) is 12.2 Å². The van der Waals surface area contributed by atoms with E-state index < -0.39 is 17.7 Å². The molecule has 0 radical (unpaired) electrons. The number of carbonyl (C=O) groups excluding carboxylic acids is 3. The summed E-state index contributed by atoms with van der Waals surface area (Å²) in [4.78, 5) is 33.4. The Kier molecular flexibility index (Phi) is 7.67. The molecule has 0 aliphatic heterocycles. The Labute approximate surface area is 101 Å². The quantitative estimate of drug-likeness (QED) is 0.409. The van der Waals surface area contributed by atoms with Gasteiger partial charge in [-0.3, -0.25) is 9.59 Å². The second-order valence-corrected chi connectivity index (χ2v) is 3.53. The van der Waals surface area contributed by atoms with Gasteiger partial charge < -0.3 is 10.1 Å². The van der Waals surface area contributed by atoms with Crippen LogP contribution in [0.2, 0.25) is 0 Å². The van der Waals surface area contributed by atoms with Gasteiger partial charge in [0.15, 0.2) is 0 Å². The van der Waals surface area contributed by atoms with E-state index in [-0.39, 0.29) is 12.5 Å². The van der Waals surface area contributed by atoms with Gasteiger partial charge in [-0.2, -0.15) is 0 Å². The summed E-state index contributed by atoms with van der Waals surface area (Å²) in [7, 11) is 1.28. The molecule has 0 unspecified atom stereocenters. The molecule has 0 spiro atoms. The lowest BCUT2D eigenvalue weighted by molar-refractivity contribution is -0.138. The number of nitrogens with one attached hydrogen (secondary N) is 1. The minimum absolute atomic E-state index is 0.172. The molecule has 0 aromatic heterocycles. The highest BCUT2D eigenvalue weighted by Crippen LogP contribution is 1.99. The molecule has 5 heteroatoms. The Hall–Kier alpha value is -1.65. The molecule has 1 atom stereocenters. The Morgan fingerprint density at radius 2 is 1.94 bits per heavy atom. The molecule has 0 heterocycles. The van der Waals surface area contributed by atoms with Crippen LogP contribution in [0.1, 0.15) is 33.1 Å². The number of ether oxygens (including phenoxy) is 1. The average molecular weight is 241 g/mol. The number of esters is 1. The minimum atomic E-state index is -0.611. The van der Waals surface area contributed by atoms with E-state index in [1.165, 1.54) is 19.3 Å². The van der Waals surface area contributed by atoms with Crippen LogP contribution in [0, 0.1) is 0 Å². The second kappa shape index (κ2) is 8.50. The molecule has 0 bridgehead atoms. The van der Waals surface area contributed by atoms with Crippen LogP contribution in [-0.4, -0.2) is 30.8 Å². The lowest BCUT2D eigenvalue weighted by Crippen LogP contribution is -2.38. The molecule has 0 aliphatic rings. The summed E-state index contributed by atoms with van der Waals surface area (Å²) in [6.07, 6.45) is 4.45. The van der Waals surface area contributed by atoms with Gasteiger partial charge in [0.25, 0.3) is 5.91 Å². The van der Waals surface area contributed by atoms with Crippen LogP contribution in [0.5, 0.6) is 0 Å². The van der Waals surface area contributed by atoms with Crippen molar-refractivity contribution in [3.63, 3.8) is 0 Å². The van der Waals surface area contributed by atoms with Gasteiger partial charge in [-0.25, -0.2) is 4.79 Å². The largest absolute Gasteiger partial charge is 0.466 e. The van der Waals surface area contributed by atoms with Crippen molar-refractivity contribution in [1.29, 1.82) is 0 Å². The van der Waals surface area contributed by atoms with Crippen LogP contribution < -0.4 is 5.32 Å². The lowest BCUT2D eigenvalue weighted by Gasteiger charge is -2.12. The third-order valence-electron chi connectivity index (χ3n) is 2.16. The Morgan fingerprint density at radius 1 is 1.29 bits per heavy atom. The number of carbonyl (C=O) groups is 3. The van der Waals surface area contributed by atoms with E-state index in [4.69, 9.17) is 0 Å². The van der Waals surface area contributed by atoms with Crippen LogP contribution in [-0.2, 0) is 19.1 Å². The SMILES string of the molecule is CCC[C@H](C=CC(=O)OC)NC(=O)C(=O)CC. The molecule has 0 aromatic rings. The van der Waals surface area contributed by atoms with Crippen molar-refractivity contribution in [3.8, 4) is 0 Å². The normalized spacial score (nSPS) is 12.2. The van der Waals surface area contributed by atoms with Gasteiger partial charge in [0.05, 0.1) is 7.11 Å². The summed E-state index contributed by atoms with van der Waals surface area (Å²) >= 11 is 0. The van der Waals surface area contributed by atoms with Crippen LogP contribution in [0.25, 0.3) is 0 Å². The number of hydrogen-bond donors (Lipinski definition) is 1. The molecule has 0 aromatic carbocycles. The first kappa shape index (κ1) is 15.3. The van der Waals surface area contributed by atoms with E-state index in [1.54, 1.807) is 6.92 Å². The highest BCUT2D eigenvalue weighted by molar-refractivity contribution is 6.36. The van der Waals surface area contributed by atoms with Gasteiger partial charge in [-0.1, -0.05) is 26.3 Å². The van der Waals surface area contributed by atoms with Gasteiger partial charge in [0.2, 0.25) is 5.78 Å². The molecule has 1 N–H and O–H groups in total. The van der Waals surface area contributed by atoms with Gasteiger partial charge in [-0.15, -0.1) is 0 Å². The molecule has 17 heavy (non-hydrogen) atoms. The smallest absolute Gasteiger partial charge is 0.330 e. The summed E-state index contributed by atoms with van der Waals surface area (Å²) in [6.45, 7) is 3.58. The van der Waals surface area contributed by atoms with Crippen LogP contribution >= 0.6 is 0 Å². The first-order valence-corrected chi connectivity index (χ1v) is 5.64. The van der Waals surface area contributed by atoms with Gasteiger partial charge >= 0.3 is 5.97 Å². The second-order valence-electron chi connectivity index (χ2n) is 3.53. The minimum Gasteiger partial charge on any atom is -0.466 e. The highest BCUT2D eigenvalue weighted by atomic mass is 16.5. The lowest BCUT2D eigenvalue weighted by atomic mass is 10.1. The molecular formula is C12H19NO4. The maximum atomic E-state index is 11.4. The van der Waals surface area contributed by atoms with Crippen molar-refractivity contribution in [2.24, 2.45) is 0 Å². The fraction of sp³-hybridized carbons (Fsp3) is 0.583. The topological polar surface area (TPSA) is 72.5 Å². The molecule has 96 valence electrons. The van der Waals surface area contributed by atoms with Crippen molar-refractivity contribution >= 4 is 17.7 Å². The Bertz CT molecular complexity index is 310. The summed E-state index contributed by atoms with van der Waals surface area (Å²) in [5, 5.41) is 2.57. The first-order chi connectivity index (χ1) is 8.04.